The summed E-state index contributed by atoms with van der Waals surface area (Å²) in [5, 5.41) is 0.722. The Labute approximate surface area is 119 Å². The Balaban J connectivity index is 2.74. The molecule has 2 rings (SSSR count). The van der Waals surface area contributed by atoms with Crippen LogP contribution in [-0.2, 0) is 3.02 Å². The number of fused-ring (bicyclic) bond motifs is 1. The summed E-state index contributed by atoms with van der Waals surface area (Å²) in [7, 11) is 0. The molecule has 0 fully saturated rings. The van der Waals surface area contributed by atoms with Crippen molar-refractivity contribution in [2.45, 2.75) is 0 Å². The van der Waals surface area contributed by atoms with Crippen molar-refractivity contribution in [2.24, 2.45) is 0 Å². The van der Waals surface area contributed by atoms with Crippen LogP contribution < -0.4 is 3.02 Å². The fourth-order valence-electron chi connectivity index (χ4n) is 1.35. The van der Waals surface area contributed by atoms with E-state index in [-0.39, 0.29) is 5.75 Å². The van der Waals surface area contributed by atoms with Gasteiger partial charge in [0.25, 0.3) is 0 Å². The SMILES string of the molecule is [O]=[Sb]([OH])([OH])[O]c1c(Br)cc(Br)c2cccnc12. The number of hydrogen-bond acceptors (Lipinski definition) is 3. The molecule has 0 amide bonds. The van der Waals surface area contributed by atoms with Crippen molar-refractivity contribution in [2.75, 3.05) is 0 Å². The summed E-state index contributed by atoms with van der Waals surface area (Å²) in [4.78, 5) is 4.07. The number of hydrogen-bond donors (Lipinski definition) is 2. The molecule has 5 nitrogen and oxygen atoms in total. The van der Waals surface area contributed by atoms with E-state index in [4.69, 9.17) is 9.79 Å². The quantitative estimate of drug-likeness (QED) is 0.652. The zero-order valence-electron chi connectivity index (χ0n) is 8.17. The summed E-state index contributed by atoms with van der Waals surface area (Å²) in [5.74, 6) is 0.0646. The molecule has 0 unspecified atom stereocenters. The molecule has 8 heteroatoms. The van der Waals surface area contributed by atoms with E-state index in [2.05, 4.69) is 36.8 Å². The van der Waals surface area contributed by atoms with Gasteiger partial charge < -0.3 is 0 Å². The van der Waals surface area contributed by atoms with Crippen LogP contribution in [-0.4, -0.2) is 31.8 Å². The summed E-state index contributed by atoms with van der Waals surface area (Å²) >= 11 is 1.03. The number of nitrogens with zero attached hydrogens (tertiary/aromatic N) is 1. The maximum atomic E-state index is 11.0. The fourth-order valence-corrected chi connectivity index (χ4v) is 4.29. The van der Waals surface area contributed by atoms with Gasteiger partial charge >= 0.3 is 120 Å². The second kappa shape index (κ2) is 4.90. The van der Waals surface area contributed by atoms with Crippen molar-refractivity contribution < 1.29 is 12.8 Å². The van der Waals surface area contributed by atoms with Gasteiger partial charge in [-0.1, -0.05) is 0 Å². The van der Waals surface area contributed by atoms with Crippen molar-refractivity contribution in [3.05, 3.63) is 33.3 Å². The predicted octanol–water partition coefficient (Wildman–Crippen LogP) is 1.99. The van der Waals surface area contributed by atoms with Crippen LogP contribution in [0, 0.1) is 0 Å². The number of pyridine rings is 1. The Hall–Kier alpha value is -0.0718. The first kappa shape index (κ1) is 13.4. The molecule has 0 atom stereocenters. The molecule has 0 radical (unpaired) electrons. The Morgan fingerprint density at radius 2 is 2.00 bits per heavy atom. The first-order valence-electron chi connectivity index (χ1n) is 4.36. The molecule has 2 N–H and O–H groups in total. The van der Waals surface area contributed by atoms with Gasteiger partial charge in [0.05, 0.1) is 0 Å². The second-order valence-corrected chi connectivity index (χ2v) is 8.18. The normalized spacial score (nSPS) is 11.8. The molecule has 2 aromatic rings. The van der Waals surface area contributed by atoms with E-state index in [1.165, 1.54) is 6.20 Å². The van der Waals surface area contributed by atoms with Crippen molar-refractivity contribution in [1.82, 2.24) is 4.98 Å². The number of halogens is 2. The van der Waals surface area contributed by atoms with E-state index >= 15 is 0 Å². The topological polar surface area (TPSA) is 79.7 Å². The maximum absolute atomic E-state index is 11.0. The van der Waals surface area contributed by atoms with Gasteiger partial charge in [0.1, 0.15) is 0 Å². The summed E-state index contributed by atoms with van der Waals surface area (Å²) in [6.45, 7) is 0. The molecule has 0 saturated heterocycles. The minimum atomic E-state index is -5.52. The molecule has 0 saturated carbocycles. The Morgan fingerprint density at radius 3 is 2.65 bits per heavy atom. The van der Waals surface area contributed by atoms with Crippen LogP contribution in [0.1, 0.15) is 0 Å². The third-order valence-corrected chi connectivity index (χ3v) is 4.41. The van der Waals surface area contributed by atoms with Crippen LogP contribution in [0.2, 0.25) is 0 Å². The van der Waals surface area contributed by atoms with Gasteiger partial charge in [0.2, 0.25) is 0 Å². The van der Waals surface area contributed by atoms with Gasteiger partial charge in [-0.15, -0.1) is 0 Å². The molecule has 0 bridgehead atoms. The van der Waals surface area contributed by atoms with Crippen LogP contribution >= 0.6 is 31.9 Å². The molecule has 0 aliphatic rings. The Kier molecular flexibility index (Phi) is 3.85. The Morgan fingerprint density at radius 1 is 1.29 bits per heavy atom. The molecular weight excluding hydrogens is 468 g/mol. The molecule has 1 heterocycles. The van der Waals surface area contributed by atoms with Gasteiger partial charge in [-0.3, -0.25) is 0 Å². The predicted molar refractivity (Wildman–Crippen MR) is 68.6 cm³/mol. The van der Waals surface area contributed by atoms with E-state index < -0.39 is 20.1 Å². The molecule has 1 aromatic heterocycles. The van der Waals surface area contributed by atoms with Gasteiger partial charge in [0.15, 0.2) is 0 Å². The molecule has 1 aromatic carbocycles. The van der Waals surface area contributed by atoms with E-state index in [9.17, 15) is 3.02 Å². The molecule has 17 heavy (non-hydrogen) atoms. The van der Waals surface area contributed by atoms with E-state index in [1.54, 1.807) is 18.2 Å². The molecule has 0 spiro atoms. The van der Waals surface area contributed by atoms with E-state index in [1.807, 2.05) is 0 Å². The van der Waals surface area contributed by atoms with Crippen molar-refractivity contribution in [3.63, 3.8) is 0 Å². The van der Waals surface area contributed by atoms with Gasteiger partial charge in [-0.2, -0.15) is 0 Å². The monoisotopic (exact) mass is 471 g/mol. The average molecular weight is 474 g/mol. The van der Waals surface area contributed by atoms with Gasteiger partial charge in [-0.25, -0.2) is 0 Å². The van der Waals surface area contributed by atoms with E-state index in [0.29, 0.717) is 9.99 Å². The molecule has 90 valence electrons. The first-order chi connectivity index (χ1) is 7.88. The number of rotatable bonds is 2. The van der Waals surface area contributed by atoms with E-state index in [0.717, 1.165) is 9.86 Å². The van der Waals surface area contributed by atoms with Crippen molar-refractivity contribution in [1.29, 1.82) is 0 Å². The van der Waals surface area contributed by atoms with Gasteiger partial charge in [-0.05, 0) is 0 Å². The minimum absolute atomic E-state index is 0.0646. The Bertz CT molecular complexity index is 628. The average Bonchev–Trinajstić information content (AvgIpc) is 2.23. The van der Waals surface area contributed by atoms with Crippen molar-refractivity contribution >= 4 is 62.8 Å². The third-order valence-electron chi connectivity index (χ3n) is 1.96. The summed E-state index contributed by atoms with van der Waals surface area (Å²) in [5.41, 5.74) is 0.395. The van der Waals surface area contributed by atoms with Crippen LogP contribution in [0.5, 0.6) is 5.75 Å². The number of benzene rings is 1. The summed E-state index contributed by atoms with van der Waals surface area (Å²) in [6.07, 6.45) is 1.53. The summed E-state index contributed by atoms with van der Waals surface area (Å²) < 4.78 is 34.8. The zero-order valence-corrected chi connectivity index (χ0v) is 13.9. The molecule has 0 aliphatic carbocycles. The fraction of sp³-hybridized carbons (Fsp3) is 0. The zero-order chi connectivity index (χ0) is 12.6. The van der Waals surface area contributed by atoms with Gasteiger partial charge in [0, 0.05) is 0 Å². The molecular formula is C9H6Br2NO4Sb. The first-order valence-corrected chi connectivity index (χ1v) is 10.3. The second-order valence-electron chi connectivity index (χ2n) is 3.15. The van der Waals surface area contributed by atoms with Crippen LogP contribution in [0.4, 0.5) is 0 Å². The molecule has 0 aliphatic heterocycles. The van der Waals surface area contributed by atoms with Crippen LogP contribution in [0.25, 0.3) is 10.9 Å². The van der Waals surface area contributed by atoms with Crippen LogP contribution in [0.15, 0.2) is 33.3 Å². The standard InChI is InChI=1S/C9H5Br2NO.2H2O.O.Sb/c10-6-4-7(11)9(13)8-5(6)2-1-3-12-8;;;;/h1-4,13H;2*1H2;;/q;;;;+3/p-3. The number of aromatic nitrogens is 1. The third kappa shape index (κ3) is 3.03. The summed E-state index contributed by atoms with van der Waals surface area (Å²) in [6, 6.07) is 5.17. The van der Waals surface area contributed by atoms with Crippen LogP contribution in [0.3, 0.4) is 0 Å². The van der Waals surface area contributed by atoms with Crippen molar-refractivity contribution in [3.8, 4) is 5.75 Å².